The third-order valence-corrected chi connectivity index (χ3v) is 5.20. The van der Waals surface area contributed by atoms with E-state index in [1.807, 2.05) is 30.3 Å². The molecule has 9 heteroatoms. The molecular weight excluding hydrogens is 344 g/mol. The number of fused-ring (bicyclic) bond motifs is 1. The molecule has 0 bridgehead atoms. The highest BCUT2D eigenvalue weighted by Gasteiger charge is 2.10. The third kappa shape index (κ3) is 2.95. The molecule has 0 spiro atoms. The number of aromatic nitrogens is 6. The summed E-state index contributed by atoms with van der Waals surface area (Å²) >= 11 is 2.87. The van der Waals surface area contributed by atoms with Gasteiger partial charge in [0.05, 0.1) is 5.75 Å². The van der Waals surface area contributed by atoms with Crippen molar-refractivity contribution in [2.75, 3.05) is 0 Å². The smallest absolute Gasteiger partial charge is 0.267 e. The first-order valence-corrected chi connectivity index (χ1v) is 8.96. The molecule has 0 saturated heterocycles. The fourth-order valence-corrected chi connectivity index (χ4v) is 3.91. The summed E-state index contributed by atoms with van der Waals surface area (Å²) in [4.78, 5) is 21.3. The van der Waals surface area contributed by atoms with E-state index < -0.39 is 0 Å². The van der Waals surface area contributed by atoms with E-state index in [4.69, 9.17) is 0 Å². The zero-order chi connectivity index (χ0) is 16.5. The molecule has 120 valence electrons. The van der Waals surface area contributed by atoms with Gasteiger partial charge < -0.3 is 0 Å². The third-order valence-electron chi connectivity index (χ3n) is 3.25. The molecule has 4 rings (SSSR count). The van der Waals surface area contributed by atoms with Crippen LogP contribution < -0.4 is 5.56 Å². The number of thioether (sulfide) groups is 1. The minimum absolute atomic E-state index is 0.158. The summed E-state index contributed by atoms with van der Waals surface area (Å²) in [5.74, 6) is 1.31. The van der Waals surface area contributed by atoms with E-state index in [0.29, 0.717) is 21.6 Å². The number of H-pyrrole nitrogens is 1. The fourth-order valence-electron chi connectivity index (χ4n) is 2.18. The van der Waals surface area contributed by atoms with Gasteiger partial charge in [-0.25, -0.2) is 9.97 Å². The summed E-state index contributed by atoms with van der Waals surface area (Å²) in [7, 11) is 0. The summed E-state index contributed by atoms with van der Waals surface area (Å²) in [6.45, 7) is 1.80. The van der Waals surface area contributed by atoms with Gasteiger partial charge in [0.15, 0.2) is 5.82 Å². The molecule has 0 saturated carbocycles. The molecule has 0 amide bonds. The number of rotatable bonds is 4. The second-order valence-electron chi connectivity index (χ2n) is 5.05. The maximum Gasteiger partial charge on any atom is 0.275 e. The van der Waals surface area contributed by atoms with Crippen molar-refractivity contribution in [2.45, 2.75) is 17.8 Å². The van der Waals surface area contributed by atoms with Gasteiger partial charge in [0.25, 0.3) is 5.56 Å². The van der Waals surface area contributed by atoms with Crippen molar-refractivity contribution in [1.29, 1.82) is 0 Å². The average molecular weight is 356 g/mol. The molecule has 3 heterocycles. The minimum Gasteiger partial charge on any atom is -0.267 e. The molecule has 1 aromatic carbocycles. The number of aromatic amines is 1. The van der Waals surface area contributed by atoms with E-state index in [9.17, 15) is 4.79 Å². The van der Waals surface area contributed by atoms with Gasteiger partial charge in [-0.05, 0) is 6.92 Å². The highest BCUT2D eigenvalue weighted by Crippen LogP contribution is 2.24. The van der Waals surface area contributed by atoms with E-state index in [2.05, 4.69) is 25.3 Å². The first-order chi connectivity index (χ1) is 11.7. The lowest BCUT2D eigenvalue weighted by atomic mass is 10.2. The molecule has 24 heavy (non-hydrogen) atoms. The standard InChI is InChI=1S/C15H12N6OS2/c1-9-7-12(22)21-15(16-9)24-11(20-21)8-23-14-17-13(18-19-14)10-5-3-2-4-6-10/h2-7H,8H2,1H3,(H,17,18,19). The molecule has 0 aliphatic heterocycles. The van der Waals surface area contributed by atoms with Gasteiger partial charge in [-0.15, -0.1) is 5.10 Å². The first kappa shape index (κ1) is 15.0. The second kappa shape index (κ2) is 6.17. The predicted octanol–water partition coefficient (Wildman–Crippen LogP) is 2.54. The van der Waals surface area contributed by atoms with Crippen LogP contribution in [0.15, 0.2) is 46.3 Å². The van der Waals surface area contributed by atoms with E-state index in [1.54, 1.807) is 6.92 Å². The van der Waals surface area contributed by atoms with Gasteiger partial charge in [-0.2, -0.15) is 9.61 Å². The Morgan fingerprint density at radius 2 is 2.08 bits per heavy atom. The van der Waals surface area contributed by atoms with Crippen LogP contribution in [-0.4, -0.2) is 29.8 Å². The van der Waals surface area contributed by atoms with Crippen molar-refractivity contribution in [3.8, 4) is 11.4 Å². The van der Waals surface area contributed by atoms with Gasteiger partial charge in [-0.1, -0.05) is 53.4 Å². The lowest BCUT2D eigenvalue weighted by Crippen LogP contribution is -2.14. The number of benzene rings is 1. The minimum atomic E-state index is -0.158. The van der Waals surface area contributed by atoms with Crippen molar-refractivity contribution in [2.24, 2.45) is 0 Å². The first-order valence-electron chi connectivity index (χ1n) is 7.16. The van der Waals surface area contributed by atoms with Crippen LogP contribution in [0.4, 0.5) is 0 Å². The highest BCUT2D eigenvalue weighted by atomic mass is 32.2. The zero-order valence-electron chi connectivity index (χ0n) is 12.6. The Labute approximate surface area is 144 Å². The Hall–Kier alpha value is -2.52. The van der Waals surface area contributed by atoms with Gasteiger partial charge in [0, 0.05) is 17.3 Å². The van der Waals surface area contributed by atoms with Crippen molar-refractivity contribution >= 4 is 28.1 Å². The number of nitrogens with one attached hydrogen (secondary N) is 1. The van der Waals surface area contributed by atoms with Crippen molar-refractivity contribution in [3.05, 3.63) is 57.5 Å². The molecule has 4 aromatic rings. The maximum absolute atomic E-state index is 11.9. The number of nitrogens with zero attached hydrogens (tertiary/aromatic N) is 5. The van der Waals surface area contributed by atoms with Crippen LogP contribution in [0, 0.1) is 6.92 Å². The van der Waals surface area contributed by atoms with Gasteiger partial charge in [-0.3, -0.25) is 9.89 Å². The summed E-state index contributed by atoms with van der Waals surface area (Å²) in [6.07, 6.45) is 0. The lowest BCUT2D eigenvalue weighted by molar-refractivity contribution is 0.869. The SMILES string of the molecule is Cc1cc(=O)n2nc(CSc3n[nH]c(-c4ccccc4)n3)sc2n1. The number of aryl methyl sites for hydroxylation is 1. The van der Waals surface area contributed by atoms with E-state index in [-0.39, 0.29) is 5.56 Å². The van der Waals surface area contributed by atoms with E-state index >= 15 is 0 Å². The second-order valence-corrected chi connectivity index (χ2v) is 7.03. The molecule has 0 fully saturated rings. The molecule has 0 aliphatic carbocycles. The Balaban J connectivity index is 1.52. The summed E-state index contributed by atoms with van der Waals surface area (Å²) in [5.41, 5.74) is 1.53. The Morgan fingerprint density at radius 1 is 1.25 bits per heavy atom. The van der Waals surface area contributed by atoms with E-state index in [0.717, 1.165) is 16.4 Å². The molecule has 0 radical (unpaired) electrons. The van der Waals surface area contributed by atoms with Gasteiger partial charge >= 0.3 is 0 Å². The monoisotopic (exact) mass is 356 g/mol. The summed E-state index contributed by atoms with van der Waals surface area (Å²) in [5, 5.41) is 12.9. The number of hydrogen-bond acceptors (Lipinski definition) is 7. The Kier molecular flexibility index (Phi) is 3.87. The van der Waals surface area contributed by atoms with Gasteiger partial charge in [0.1, 0.15) is 5.01 Å². The summed E-state index contributed by atoms with van der Waals surface area (Å²) in [6, 6.07) is 11.3. The Morgan fingerprint density at radius 3 is 2.92 bits per heavy atom. The average Bonchev–Trinajstić information content (AvgIpc) is 3.20. The molecule has 0 atom stereocenters. The Bertz CT molecular complexity index is 1050. The van der Waals surface area contributed by atoms with Crippen LogP contribution in [-0.2, 0) is 5.75 Å². The van der Waals surface area contributed by atoms with E-state index in [1.165, 1.54) is 33.7 Å². The topological polar surface area (TPSA) is 88.8 Å². The molecule has 1 N–H and O–H groups in total. The largest absolute Gasteiger partial charge is 0.275 e. The lowest BCUT2D eigenvalue weighted by Gasteiger charge is -1.93. The van der Waals surface area contributed by atoms with Crippen molar-refractivity contribution < 1.29 is 0 Å². The van der Waals surface area contributed by atoms with Crippen molar-refractivity contribution in [3.63, 3.8) is 0 Å². The molecule has 0 unspecified atom stereocenters. The molecule has 0 aliphatic rings. The van der Waals surface area contributed by atoms with Crippen LogP contribution in [0.3, 0.4) is 0 Å². The zero-order valence-corrected chi connectivity index (χ0v) is 14.3. The molecule has 3 aromatic heterocycles. The molecular formula is C15H12N6OS2. The quantitative estimate of drug-likeness (QED) is 0.565. The normalized spacial score (nSPS) is 11.2. The fraction of sp³-hybridized carbons (Fsp3) is 0.133. The van der Waals surface area contributed by atoms with Crippen LogP contribution in [0.1, 0.15) is 10.7 Å². The van der Waals surface area contributed by atoms with Gasteiger partial charge in [0.2, 0.25) is 10.1 Å². The number of hydrogen-bond donors (Lipinski definition) is 1. The molecule has 7 nitrogen and oxygen atoms in total. The maximum atomic E-state index is 11.9. The summed E-state index contributed by atoms with van der Waals surface area (Å²) < 4.78 is 1.33. The van der Waals surface area contributed by atoms with Crippen molar-refractivity contribution in [1.82, 2.24) is 29.8 Å². The highest BCUT2D eigenvalue weighted by molar-refractivity contribution is 7.98. The predicted molar refractivity (Wildman–Crippen MR) is 93.3 cm³/mol. The van der Waals surface area contributed by atoms with Crippen LogP contribution >= 0.6 is 23.1 Å². The van der Waals surface area contributed by atoms with Crippen LogP contribution in [0.25, 0.3) is 16.3 Å². The van der Waals surface area contributed by atoms with Crippen LogP contribution in [0.5, 0.6) is 0 Å². The van der Waals surface area contributed by atoms with Crippen LogP contribution in [0.2, 0.25) is 0 Å².